The van der Waals surface area contributed by atoms with Gasteiger partial charge < -0.3 is 5.73 Å². The van der Waals surface area contributed by atoms with Crippen LogP contribution >= 0.6 is 0 Å². The second kappa shape index (κ2) is 4.77. The number of hydrogen-bond donors (Lipinski definition) is 1. The topological polar surface area (TPSA) is 60.2 Å². The minimum Gasteiger partial charge on any atom is -0.399 e. The summed E-state index contributed by atoms with van der Waals surface area (Å²) in [5, 5.41) is 0. The highest BCUT2D eigenvalue weighted by molar-refractivity contribution is 6.29. The van der Waals surface area contributed by atoms with Gasteiger partial charge in [-0.1, -0.05) is 12.7 Å². The van der Waals surface area contributed by atoms with Crippen molar-refractivity contribution in [2.45, 2.75) is 32.6 Å². The molecule has 0 aliphatic heterocycles. The van der Waals surface area contributed by atoms with Crippen LogP contribution in [0.3, 0.4) is 0 Å². The van der Waals surface area contributed by atoms with Crippen molar-refractivity contribution in [3.63, 3.8) is 0 Å². The predicted molar refractivity (Wildman–Crippen MR) is 70.7 cm³/mol. The van der Waals surface area contributed by atoms with Crippen LogP contribution < -0.4 is 5.73 Å². The molecule has 3 heteroatoms. The van der Waals surface area contributed by atoms with Crippen molar-refractivity contribution in [1.82, 2.24) is 0 Å². The first-order valence-corrected chi connectivity index (χ1v) is 6.20. The second-order valence-electron chi connectivity index (χ2n) is 4.65. The molecule has 2 aliphatic carbocycles. The van der Waals surface area contributed by atoms with Gasteiger partial charge in [0.05, 0.1) is 0 Å². The molecule has 0 fully saturated rings. The molecule has 0 aromatic heterocycles. The first kappa shape index (κ1) is 12.6. The zero-order valence-electron chi connectivity index (χ0n) is 10.6. The summed E-state index contributed by atoms with van der Waals surface area (Å²) in [7, 11) is 0. The molecule has 0 saturated carbocycles. The molecule has 0 aromatic rings. The van der Waals surface area contributed by atoms with Crippen LogP contribution in [0.5, 0.6) is 0 Å². The van der Waals surface area contributed by atoms with Crippen LogP contribution in [0.25, 0.3) is 0 Å². The van der Waals surface area contributed by atoms with E-state index in [-0.39, 0.29) is 17.1 Å². The highest BCUT2D eigenvalue weighted by Gasteiger charge is 2.34. The van der Waals surface area contributed by atoms with E-state index in [9.17, 15) is 9.59 Å². The molecule has 0 bridgehead atoms. The molecule has 2 aliphatic rings. The normalized spacial score (nSPS) is 23.7. The van der Waals surface area contributed by atoms with Gasteiger partial charge in [-0.2, -0.15) is 0 Å². The Balaban J connectivity index is 2.52. The summed E-state index contributed by atoms with van der Waals surface area (Å²) in [5.41, 5.74) is 8.17. The van der Waals surface area contributed by atoms with Crippen LogP contribution in [0.4, 0.5) is 0 Å². The molecule has 0 heterocycles. The van der Waals surface area contributed by atoms with E-state index in [1.165, 1.54) is 0 Å². The minimum atomic E-state index is -0.0838. The van der Waals surface area contributed by atoms with E-state index in [0.717, 1.165) is 12.8 Å². The van der Waals surface area contributed by atoms with E-state index in [1.807, 2.05) is 0 Å². The fourth-order valence-corrected chi connectivity index (χ4v) is 2.41. The first-order valence-electron chi connectivity index (χ1n) is 6.20. The van der Waals surface area contributed by atoms with Gasteiger partial charge in [0.2, 0.25) is 0 Å². The lowest BCUT2D eigenvalue weighted by molar-refractivity contribution is -0.117. The maximum Gasteiger partial charge on any atom is 0.190 e. The molecule has 0 amide bonds. The third-order valence-corrected chi connectivity index (χ3v) is 3.50. The number of ketones is 2. The molecule has 2 rings (SSSR count). The molecular weight excluding hydrogens is 226 g/mol. The van der Waals surface area contributed by atoms with Gasteiger partial charge in [-0.25, -0.2) is 0 Å². The second-order valence-corrected chi connectivity index (χ2v) is 4.65. The Morgan fingerprint density at radius 3 is 2.28 bits per heavy atom. The lowest BCUT2D eigenvalue weighted by atomic mass is 9.76. The van der Waals surface area contributed by atoms with Crippen molar-refractivity contribution in [3.8, 4) is 0 Å². The highest BCUT2D eigenvalue weighted by Crippen LogP contribution is 2.35. The fraction of sp³-hybridized carbons (Fsp3) is 0.333. The third kappa shape index (κ3) is 1.96. The van der Waals surface area contributed by atoms with Crippen LogP contribution in [0.2, 0.25) is 0 Å². The number of carbonyl (C=O) groups is 2. The number of Topliss-reactive ketones (excluding diaryl/α,β-unsaturated/α-hetero) is 2. The van der Waals surface area contributed by atoms with Crippen LogP contribution in [0.1, 0.15) is 32.6 Å². The zero-order valence-corrected chi connectivity index (χ0v) is 10.6. The largest absolute Gasteiger partial charge is 0.399 e. The van der Waals surface area contributed by atoms with Crippen molar-refractivity contribution >= 4 is 11.6 Å². The summed E-state index contributed by atoms with van der Waals surface area (Å²) < 4.78 is 0. The standard InChI is InChI=1S/C15H17NO2/c1-3-10(16)8-13-9(2)14(17)11-6-4-5-7-12(11)15(13)18/h3,8H,2,4-7,16H2,1H3/b10-3+,13-8+. The van der Waals surface area contributed by atoms with E-state index in [4.69, 9.17) is 5.73 Å². The van der Waals surface area contributed by atoms with Crippen LogP contribution in [-0.2, 0) is 9.59 Å². The van der Waals surface area contributed by atoms with E-state index >= 15 is 0 Å². The van der Waals surface area contributed by atoms with E-state index in [1.54, 1.807) is 19.1 Å². The van der Waals surface area contributed by atoms with Gasteiger partial charge in [0.25, 0.3) is 0 Å². The maximum atomic E-state index is 12.3. The van der Waals surface area contributed by atoms with Gasteiger partial charge in [0, 0.05) is 28.0 Å². The molecule has 0 aromatic carbocycles. The van der Waals surface area contributed by atoms with Crippen molar-refractivity contribution < 1.29 is 9.59 Å². The van der Waals surface area contributed by atoms with Crippen molar-refractivity contribution in [1.29, 1.82) is 0 Å². The summed E-state index contributed by atoms with van der Waals surface area (Å²) in [5.74, 6) is -0.154. The number of carbonyl (C=O) groups excluding carboxylic acids is 2. The molecule has 0 unspecified atom stereocenters. The Bertz CT molecular complexity index is 533. The smallest absolute Gasteiger partial charge is 0.190 e. The van der Waals surface area contributed by atoms with Gasteiger partial charge in [-0.15, -0.1) is 0 Å². The summed E-state index contributed by atoms with van der Waals surface area (Å²) in [6, 6.07) is 0. The minimum absolute atomic E-state index is 0.0703. The van der Waals surface area contributed by atoms with E-state index in [0.29, 0.717) is 35.3 Å². The molecular formula is C15H17NO2. The lowest BCUT2D eigenvalue weighted by Crippen LogP contribution is -2.26. The van der Waals surface area contributed by atoms with Crippen molar-refractivity contribution in [2.24, 2.45) is 5.73 Å². The fourth-order valence-electron chi connectivity index (χ4n) is 2.41. The molecule has 2 N–H and O–H groups in total. The third-order valence-electron chi connectivity index (χ3n) is 3.50. The Kier molecular flexibility index (Phi) is 3.32. The maximum absolute atomic E-state index is 12.3. The summed E-state index contributed by atoms with van der Waals surface area (Å²) in [6.45, 7) is 5.54. The SMILES string of the molecule is C=C1C(=O)C2=C(CCCC2)C(=O)/C1=C/C(N)=C\C. The van der Waals surface area contributed by atoms with Gasteiger partial charge in [0.1, 0.15) is 0 Å². The van der Waals surface area contributed by atoms with Gasteiger partial charge in [-0.3, -0.25) is 9.59 Å². The lowest BCUT2D eigenvalue weighted by Gasteiger charge is -2.25. The Morgan fingerprint density at radius 2 is 1.72 bits per heavy atom. The first-order chi connectivity index (χ1) is 8.56. The van der Waals surface area contributed by atoms with Crippen LogP contribution in [0, 0.1) is 0 Å². The average molecular weight is 243 g/mol. The van der Waals surface area contributed by atoms with E-state index in [2.05, 4.69) is 6.58 Å². The average Bonchev–Trinajstić information content (AvgIpc) is 2.40. The van der Waals surface area contributed by atoms with E-state index < -0.39 is 0 Å². The monoisotopic (exact) mass is 243 g/mol. The number of rotatable bonds is 1. The summed E-state index contributed by atoms with van der Waals surface area (Å²) in [6.07, 6.45) is 6.59. The molecule has 0 saturated heterocycles. The van der Waals surface area contributed by atoms with Gasteiger partial charge in [0.15, 0.2) is 11.6 Å². The van der Waals surface area contributed by atoms with Gasteiger partial charge >= 0.3 is 0 Å². The van der Waals surface area contributed by atoms with Crippen molar-refractivity contribution in [3.05, 3.63) is 46.7 Å². The molecule has 18 heavy (non-hydrogen) atoms. The predicted octanol–water partition coefficient (Wildman–Crippen LogP) is 2.35. The van der Waals surface area contributed by atoms with Crippen LogP contribution in [-0.4, -0.2) is 11.6 Å². The molecule has 3 nitrogen and oxygen atoms in total. The number of nitrogens with two attached hydrogens (primary N) is 1. The Labute approximate surface area is 107 Å². The number of hydrogen-bond acceptors (Lipinski definition) is 3. The molecule has 0 spiro atoms. The van der Waals surface area contributed by atoms with Gasteiger partial charge in [-0.05, 0) is 38.7 Å². The molecule has 94 valence electrons. The van der Waals surface area contributed by atoms with Crippen LogP contribution in [0.15, 0.2) is 46.7 Å². The molecule has 0 atom stereocenters. The molecule has 0 radical (unpaired) electrons. The summed E-state index contributed by atoms with van der Waals surface area (Å²) in [4.78, 5) is 24.5. The van der Waals surface area contributed by atoms with Crippen molar-refractivity contribution in [2.75, 3.05) is 0 Å². The summed E-state index contributed by atoms with van der Waals surface area (Å²) >= 11 is 0. The quantitative estimate of drug-likeness (QED) is 0.719. The number of allylic oxidation sites excluding steroid dienone is 6. The highest BCUT2D eigenvalue weighted by atomic mass is 16.1. The Morgan fingerprint density at radius 1 is 1.17 bits per heavy atom. The Hall–Kier alpha value is -1.90. The zero-order chi connectivity index (χ0) is 13.3.